The molecule has 0 aliphatic rings. The normalized spacial score (nSPS) is 10.6. The lowest BCUT2D eigenvalue weighted by molar-refractivity contribution is 0.350. The van der Waals surface area contributed by atoms with Crippen LogP contribution in [0.5, 0.6) is 0 Å². The van der Waals surface area contributed by atoms with E-state index in [1.54, 1.807) is 0 Å². The fourth-order valence-corrected chi connectivity index (χ4v) is 2.70. The molecule has 2 N–H and O–H groups in total. The molecule has 0 bridgehead atoms. The predicted molar refractivity (Wildman–Crippen MR) is 73.2 cm³/mol. The van der Waals surface area contributed by atoms with Crippen LogP contribution in [0, 0.1) is 17.7 Å². The van der Waals surface area contributed by atoms with Gasteiger partial charge in [0.25, 0.3) is 10.0 Å². The number of hydrogen-bond acceptors (Lipinski definition) is 5. The van der Waals surface area contributed by atoms with Gasteiger partial charge < -0.3 is 5.11 Å². The van der Waals surface area contributed by atoms with Crippen LogP contribution in [0.4, 0.5) is 10.1 Å². The van der Waals surface area contributed by atoms with Crippen LogP contribution in [0.15, 0.2) is 41.8 Å². The summed E-state index contributed by atoms with van der Waals surface area (Å²) >= 11 is 0. The molecule has 0 saturated carbocycles. The maximum Gasteiger partial charge on any atom is 0.263 e. The molecule has 1 heterocycles. The smallest absolute Gasteiger partial charge is 0.263 e. The highest BCUT2D eigenvalue weighted by atomic mass is 32.2. The van der Waals surface area contributed by atoms with Crippen molar-refractivity contribution in [3.05, 3.63) is 48.3 Å². The standard InChI is InChI=1S/C13H10FN3O3S/c14-11-3-4-13(10(6-11)2-1-5-18)21(19,20)17-12-7-15-9-16-8-12/h3-4,6-9,17-18H,5H2. The minimum Gasteiger partial charge on any atom is -0.384 e. The second kappa shape index (κ2) is 6.30. The van der Waals surface area contributed by atoms with Gasteiger partial charge in [-0.2, -0.15) is 0 Å². The molecule has 0 spiro atoms. The summed E-state index contributed by atoms with van der Waals surface area (Å²) in [4.78, 5) is 7.18. The Balaban J connectivity index is 2.45. The number of hydrogen-bond donors (Lipinski definition) is 2. The molecule has 0 fully saturated rings. The predicted octanol–water partition coefficient (Wildman–Crippen LogP) is 0.760. The molecule has 1 aromatic carbocycles. The van der Waals surface area contributed by atoms with Gasteiger partial charge in [-0.3, -0.25) is 4.72 Å². The fraction of sp³-hybridized carbons (Fsp3) is 0.0769. The van der Waals surface area contributed by atoms with E-state index >= 15 is 0 Å². The topological polar surface area (TPSA) is 92.2 Å². The molecule has 0 atom stereocenters. The lowest BCUT2D eigenvalue weighted by Gasteiger charge is -2.09. The highest BCUT2D eigenvalue weighted by Gasteiger charge is 2.18. The maximum absolute atomic E-state index is 13.2. The van der Waals surface area contributed by atoms with E-state index in [4.69, 9.17) is 5.11 Å². The number of aliphatic hydroxyl groups is 1. The quantitative estimate of drug-likeness (QED) is 0.817. The number of nitrogens with one attached hydrogen (secondary N) is 1. The van der Waals surface area contributed by atoms with Crippen LogP contribution in [0.3, 0.4) is 0 Å². The van der Waals surface area contributed by atoms with Crippen LogP contribution >= 0.6 is 0 Å². The first-order valence-electron chi connectivity index (χ1n) is 5.70. The summed E-state index contributed by atoms with van der Waals surface area (Å²) in [7, 11) is -3.97. The van der Waals surface area contributed by atoms with E-state index in [1.807, 2.05) is 0 Å². The van der Waals surface area contributed by atoms with Crippen molar-refractivity contribution >= 4 is 15.7 Å². The average molecular weight is 307 g/mol. The van der Waals surface area contributed by atoms with E-state index in [0.29, 0.717) is 0 Å². The van der Waals surface area contributed by atoms with Gasteiger partial charge in [0.15, 0.2) is 0 Å². The molecule has 2 rings (SSSR count). The number of anilines is 1. The van der Waals surface area contributed by atoms with Gasteiger partial charge in [0.2, 0.25) is 0 Å². The van der Waals surface area contributed by atoms with E-state index in [0.717, 1.165) is 18.2 Å². The number of benzene rings is 1. The van der Waals surface area contributed by atoms with Crippen molar-refractivity contribution in [1.82, 2.24) is 9.97 Å². The molecule has 0 radical (unpaired) electrons. The van der Waals surface area contributed by atoms with Crippen LogP contribution in [0.2, 0.25) is 0 Å². The highest BCUT2D eigenvalue weighted by molar-refractivity contribution is 7.92. The molecule has 108 valence electrons. The first-order valence-corrected chi connectivity index (χ1v) is 7.18. The van der Waals surface area contributed by atoms with Gasteiger partial charge in [-0.1, -0.05) is 11.8 Å². The number of rotatable bonds is 3. The Hall–Kier alpha value is -2.50. The van der Waals surface area contributed by atoms with Crippen LogP contribution in [0.1, 0.15) is 5.56 Å². The first-order chi connectivity index (χ1) is 10.0. The molecule has 0 aliphatic heterocycles. The molecule has 1 aromatic heterocycles. The van der Waals surface area contributed by atoms with Gasteiger partial charge in [-0.15, -0.1) is 0 Å². The molecule has 0 aliphatic carbocycles. The van der Waals surface area contributed by atoms with Crippen molar-refractivity contribution in [2.24, 2.45) is 0 Å². The number of aromatic nitrogens is 2. The van der Waals surface area contributed by atoms with Gasteiger partial charge >= 0.3 is 0 Å². The second-order valence-corrected chi connectivity index (χ2v) is 5.48. The number of halogens is 1. The molecular weight excluding hydrogens is 297 g/mol. The minimum atomic E-state index is -3.97. The number of sulfonamides is 1. The zero-order valence-electron chi connectivity index (χ0n) is 10.6. The molecule has 0 amide bonds. The zero-order valence-corrected chi connectivity index (χ0v) is 11.4. The van der Waals surface area contributed by atoms with E-state index in [-0.39, 0.29) is 16.1 Å². The molecule has 6 nitrogen and oxygen atoms in total. The first kappa shape index (κ1) is 14.9. The van der Waals surface area contributed by atoms with E-state index < -0.39 is 22.4 Å². The van der Waals surface area contributed by atoms with Gasteiger partial charge in [0.1, 0.15) is 23.6 Å². The molecule has 21 heavy (non-hydrogen) atoms. The summed E-state index contributed by atoms with van der Waals surface area (Å²) < 4.78 is 40.0. The third kappa shape index (κ3) is 3.75. The Labute approximate surface area is 120 Å². The summed E-state index contributed by atoms with van der Waals surface area (Å²) in [6, 6.07) is 3.10. The SMILES string of the molecule is O=S(=O)(Nc1cncnc1)c1ccc(F)cc1C#CCO. The van der Waals surface area contributed by atoms with Crippen molar-refractivity contribution in [2.75, 3.05) is 11.3 Å². The summed E-state index contributed by atoms with van der Waals surface area (Å²) in [6.45, 7) is -0.462. The molecule has 0 saturated heterocycles. The number of aliphatic hydroxyl groups excluding tert-OH is 1. The summed E-state index contributed by atoms with van der Waals surface area (Å²) in [5.74, 6) is 4.07. The van der Waals surface area contributed by atoms with Crippen molar-refractivity contribution in [3.63, 3.8) is 0 Å². The minimum absolute atomic E-state index is 0.0478. The Morgan fingerprint density at radius 2 is 2.00 bits per heavy atom. The summed E-state index contributed by atoms with van der Waals surface area (Å²) in [6.07, 6.45) is 3.83. The average Bonchev–Trinajstić information content (AvgIpc) is 2.45. The van der Waals surface area contributed by atoms with Gasteiger partial charge in [0, 0.05) is 5.56 Å². The lowest BCUT2D eigenvalue weighted by Crippen LogP contribution is -2.15. The fourth-order valence-electron chi connectivity index (χ4n) is 1.53. The lowest BCUT2D eigenvalue weighted by atomic mass is 10.2. The third-order valence-corrected chi connectivity index (χ3v) is 3.79. The van der Waals surface area contributed by atoms with E-state index in [9.17, 15) is 12.8 Å². The van der Waals surface area contributed by atoms with Crippen molar-refractivity contribution < 1.29 is 17.9 Å². The zero-order chi connectivity index (χ0) is 15.3. The summed E-state index contributed by atoms with van der Waals surface area (Å²) in [5.41, 5.74) is 0.122. The van der Waals surface area contributed by atoms with E-state index in [1.165, 1.54) is 18.7 Å². The summed E-state index contributed by atoms with van der Waals surface area (Å²) in [5, 5.41) is 8.68. The van der Waals surface area contributed by atoms with Crippen molar-refractivity contribution in [3.8, 4) is 11.8 Å². The highest BCUT2D eigenvalue weighted by Crippen LogP contribution is 2.19. The monoisotopic (exact) mass is 307 g/mol. The number of nitrogens with zero attached hydrogens (tertiary/aromatic N) is 2. The molecule has 0 unspecified atom stereocenters. The Bertz CT molecular complexity index is 798. The van der Waals surface area contributed by atoms with Crippen LogP contribution in [-0.2, 0) is 10.0 Å². The van der Waals surface area contributed by atoms with Gasteiger partial charge in [0.05, 0.1) is 18.1 Å². The van der Waals surface area contributed by atoms with Gasteiger partial charge in [-0.05, 0) is 18.2 Å². The van der Waals surface area contributed by atoms with E-state index in [2.05, 4.69) is 26.5 Å². The van der Waals surface area contributed by atoms with Gasteiger partial charge in [-0.25, -0.2) is 22.8 Å². The van der Waals surface area contributed by atoms with Crippen molar-refractivity contribution in [2.45, 2.75) is 4.90 Å². The van der Waals surface area contributed by atoms with Crippen LogP contribution in [-0.4, -0.2) is 30.1 Å². The third-order valence-electron chi connectivity index (χ3n) is 2.35. The molecular formula is C13H10FN3O3S. The van der Waals surface area contributed by atoms with Crippen molar-refractivity contribution in [1.29, 1.82) is 0 Å². The maximum atomic E-state index is 13.2. The largest absolute Gasteiger partial charge is 0.384 e. The van der Waals surface area contributed by atoms with Crippen LogP contribution < -0.4 is 4.72 Å². The second-order valence-electron chi connectivity index (χ2n) is 3.83. The Kier molecular flexibility index (Phi) is 4.47. The van der Waals surface area contributed by atoms with Crippen LogP contribution in [0.25, 0.3) is 0 Å². The molecule has 8 heteroatoms. The molecule has 2 aromatic rings. The Morgan fingerprint density at radius 3 is 2.67 bits per heavy atom. The Morgan fingerprint density at radius 1 is 1.29 bits per heavy atom.